The van der Waals surface area contributed by atoms with E-state index in [1.54, 1.807) is 0 Å². The highest BCUT2D eigenvalue weighted by Crippen LogP contribution is 2.11. The Morgan fingerprint density at radius 1 is 1.04 bits per heavy atom. The summed E-state index contributed by atoms with van der Waals surface area (Å²) in [4.78, 5) is 19.7. The van der Waals surface area contributed by atoms with Gasteiger partial charge in [-0.05, 0) is 37.1 Å². The Bertz CT molecular complexity index is 766. The molecule has 0 atom stereocenters. The van der Waals surface area contributed by atoms with Crippen molar-refractivity contribution in [2.75, 3.05) is 13.2 Å². The minimum atomic E-state index is 0.0706. The molecule has 0 bridgehead atoms. The maximum absolute atomic E-state index is 11.8. The molecule has 0 aliphatic rings. The van der Waals surface area contributed by atoms with Gasteiger partial charge in [-0.25, -0.2) is 4.98 Å². The molecule has 5 heteroatoms. The van der Waals surface area contributed by atoms with E-state index in [4.69, 9.17) is 4.74 Å². The van der Waals surface area contributed by atoms with Crippen molar-refractivity contribution < 1.29 is 9.53 Å². The van der Waals surface area contributed by atoms with Crippen LogP contribution >= 0.6 is 0 Å². The van der Waals surface area contributed by atoms with E-state index in [9.17, 15) is 4.79 Å². The maximum Gasteiger partial charge on any atom is 0.220 e. The number of ether oxygens (including phenoxy) is 1. The Morgan fingerprint density at radius 2 is 1.84 bits per heavy atom. The molecule has 0 unspecified atom stereocenters. The standard InChI is InChI=1S/C20H23N3O2/c24-20(13-7-15-25-16-8-2-1-3-9-16)21-14-6-12-19-22-17-10-4-5-11-18(17)23-19/h1-5,8-11H,6-7,12-15H2,(H,21,24)(H,22,23). The number of aromatic nitrogens is 2. The van der Waals surface area contributed by atoms with Crippen LogP contribution in [0.5, 0.6) is 5.75 Å². The molecular formula is C20H23N3O2. The lowest BCUT2D eigenvalue weighted by Gasteiger charge is -2.06. The molecule has 2 N–H and O–H groups in total. The molecule has 5 nitrogen and oxygen atoms in total. The number of fused-ring (bicyclic) bond motifs is 1. The second-order valence-electron chi connectivity index (χ2n) is 5.92. The number of para-hydroxylation sites is 3. The molecule has 0 aliphatic carbocycles. The number of amides is 1. The normalized spacial score (nSPS) is 10.7. The van der Waals surface area contributed by atoms with Crippen LogP contribution in [0.3, 0.4) is 0 Å². The Morgan fingerprint density at radius 3 is 2.68 bits per heavy atom. The van der Waals surface area contributed by atoms with Gasteiger partial charge in [0.05, 0.1) is 17.6 Å². The van der Waals surface area contributed by atoms with Crippen molar-refractivity contribution in [1.82, 2.24) is 15.3 Å². The highest BCUT2D eigenvalue weighted by atomic mass is 16.5. The minimum absolute atomic E-state index is 0.0706. The van der Waals surface area contributed by atoms with Gasteiger partial charge in [0, 0.05) is 19.4 Å². The van der Waals surface area contributed by atoms with Crippen LogP contribution in [0.15, 0.2) is 54.6 Å². The summed E-state index contributed by atoms with van der Waals surface area (Å²) < 4.78 is 5.58. The highest BCUT2D eigenvalue weighted by Gasteiger charge is 2.04. The number of nitrogens with zero attached hydrogens (tertiary/aromatic N) is 1. The van der Waals surface area contributed by atoms with Gasteiger partial charge < -0.3 is 15.0 Å². The molecule has 3 aromatic rings. The first kappa shape index (κ1) is 17.0. The van der Waals surface area contributed by atoms with Crippen LogP contribution in [-0.2, 0) is 11.2 Å². The molecule has 1 heterocycles. The van der Waals surface area contributed by atoms with Gasteiger partial charge in [-0.15, -0.1) is 0 Å². The number of aryl methyl sites for hydroxylation is 1. The number of hydrogen-bond acceptors (Lipinski definition) is 3. The van der Waals surface area contributed by atoms with Crippen molar-refractivity contribution in [3.05, 3.63) is 60.4 Å². The van der Waals surface area contributed by atoms with Crippen LogP contribution in [0.25, 0.3) is 11.0 Å². The van der Waals surface area contributed by atoms with E-state index in [1.807, 2.05) is 54.6 Å². The van der Waals surface area contributed by atoms with E-state index in [2.05, 4.69) is 15.3 Å². The number of H-pyrrole nitrogens is 1. The summed E-state index contributed by atoms with van der Waals surface area (Å²) in [6, 6.07) is 17.6. The van der Waals surface area contributed by atoms with Crippen molar-refractivity contribution in [2.45, 2.75) is 25.7 Å². The van der Waals surface area contributed by atoms with Crippen LogP contribution in [0.4, 0.5) is 0 Å². The number of carbonyl (C=O) groups is 1. The molecule has 0 saturated heterocycles. The van der Waals surface area contributed by atoms with E-state index in [-0.39, 0.29) is 5.91 Å². The van der Waals surface area contributed by atoms with Crippen LogP contribution in [0, 0.1) is 0 Å². The fourth-order valence-corrected chi connectivity index (χ4v) is 2.64. The van der Waals surface area contributed by atoms with Gasteiger partial charge in [0.2, 0.25) is 5.91 Å². The topological polar surface area (TPSA) is 67.0 Å². The van der Waals surface area contributed by atoms with Crippen LogP contribution in [-0.4, -0.2) is 29.0 Å². The van der Waals surface area contributed by atoms with Crippen molar-refractivity contribution in [2.24, 2.45) is 0 Å². The summed E-state index contributed by atoms with van der Waals surface area (Å²) >= 11 is 0. The average molecular weight is 337 g/mol. The first-order chi connectivity index (χ1) is 12.3. The third-order valence-corrected chi connectivity index (χ3v) is 3.91. The molecule has 0 spiro atoms. The van der Waals surface area contributed by atoms with Gasteiger partial charge in [-0.1, -0.05) is 30.3 Å². The molecule has 3 rings (SSSR count). The van der Waals surface area contributed by atoms with Crippen molar-refractivity contribution in [3.63, 3.8) is 0 Å². The zero-order valence-corrected chi connectivity index (χ0v) is 14.2. The Labute approximate surface area is 147 Å². The molecule has 1 amide bonds. The second kappa shape index (κ2) is 8.87. The summed E-state index contributed by atoms with van der Waals surface area (Å²) in [5.74, 6) is 1.88. The SMILES string of the molecule is O=C(CCCOc1ccccc1)NCCCc1nc2ccccc2[nH]1. The fraction of sp³-hybridized carbons (Fsp3) is 0.300. The summed E-state index contributed by atoms with van der Waals surface area (Å²) in [5.41, 5.74) is 2.04. The van der Waals surface area contributed by atoms with Gasteiger partial charge in [0.1, 0.15) is 11.6 Å². The van der Waals surface area contributed by atoms with Crippen LogP contribution in [0.1, 0.15) is 25.1 Å². The van der Waals surface area contributed by atoms with Gasteiger partial charge in [0.25, 0.3) is 0 Å². The number of aromatic amines is 1. The summed E-state index contributed by atoms with van der Waals surface area (Å²) in [6.07, 6.45) is 2.89. The van der Waals surface area contributed by atoms with Crippen molar-refractivity contribution in [3.8, 4) is 5.75 Å². The second-order valence-corrected chi connectivity index (χ2v) is 5.92. The third kappa shape index (κ3) is 5.35. The number of hydrogen-bond donors (Lipinski definition) is 2. The molecule has 2 aromatic carbocycles. The lowest BCUT2D eigenvalue weighted by molar-refractivity contribution is -0.121. The Hall–Kier alpha value is -2.82. The fourth-order valence-electron chi connectivity index (χ4n) is 2.64. The zero-order chi connectivity index (χ0) is 17.3. The maximum atomic E-state index is 11.8. The molecule has 0 aliphatic heterocycles. The van der Waals surface area contributed by atoms with Crippen LogP contribution in [0.2, 0.25) is 0 Å². The van der Waals surface area contributed by atoms with Gasteiger partial charge in [0.15, 0.2) is 0 Å². The molecule has 130 valence electrons. The number of imidazole rings is 1. The number of rotatable bonds is 9. The number of benzene rings is 2. The average Bonchev–Trinajstić information content (AvgIpc) is 3.06. The molecule has 0 radical (unpaired) electrons. The number of nitrogens with one attached hydrogen (secondary N) is 2. The van der Waals surface area contributed by atoms with E-state index >= 15 is 0 Å². The molecular weight excluding hydrogens is 314 g/mol. The Kier molecular flexibility index (Phi) is 6.04. The Balaban J connectivity index is 1.27. The van der Waals surface area contributed by atoms with E-state index in [0.717, 1.165) is 35.4 Å². The largest absolute Gasteiger partial charge is 0.494 e. The third-order valence-electron chi connectivity index (χ3n) is 3.91. The lowest BCUT2D eigenvalue weighted by Crippen LogP contribution is -2.25. The summed E-state index contributed by atoms with van der Waals surface area (Å²) in [6.45, 7) is 1.21. The van der Waals surface area contributed by atoms with E-state index in [0.29, 0.717) is 26.0 Å². The molecule has 25 heavy (non-hydrogen) atoms. The van der Waals surface area contributed by atoms with Gasteiger partial charge in [-0.3, -0.25) is 4.79 Å². The quantitative estimate of drug-likeness (QED) is 0.588. The number of carbonyl (C=O) groups excluding carboxylic acids is 1. The van der Waals surface area contributed by atoms with Gasteiger partial charge in [-0.2, -0.15) is 0 Å². The monoisotopic (exact) mass is 337 g/mol. The lowest BCUT2D eigenvalue weighted by atomic mass is 10.2. The van der Waals surface area contributed by atoms with E-state index < -0.39 is 0 Å². The highest BCUT2D eigenvalue weighted by molar-refractivity contribution is 5.76. The summed E-state index contributed by atoms with van der Waals surface area (Å²) in [7, 11) is 0. The minimum Gasteiger partial charge on any atom is -0.494 e. The zero-order valence-electron chi connectivity index (χ0n) is 14.2. The van der Waals surface area contributed by atoms with Crippen molar-refractivity contribution in [1.29, 1.82) is 0 Å². The van der Waals surface area contributed by atoms with Gasteiger partial charge >= 0.3 is 0 Å². The smallest absolute Gasteiger partial charge is 0.220 e. The predicted octanol–water partition coefficient (Wildman–Crippen LogP) is 3.47. The molecule has 1 aromatic heterocycles. The molecule has 0 saturated carbocycles. The summed E-state index contributed by atoms with van der Waals surface area (Å²) in [5, 5.41) is 2.95. The first-order valence-corrected chi connectivity index (χ1v) is 8.69. The molecule has 0 fully saturated rings. The van der Waals surface area contributed by atoms with Crippen molar-refractivity contribution >= 4 is 16.9 Å². The first-order valence-electron chi connectivity index (χ1n) is 8.69. The predicted molar refractivity (Wildman–Crippen MR) is 98.6 cm³/mol. The van der Waals surface area contributed by atoms with Crippen LogP contribution < -0.4 is 10.1 Å². The van der Waals surface area contributed by atoms with E-state index in [1.165, 1.54) is 0 Å².